The van der Waals surface area contributed by atoms with Crippen LogP contribution in [0.15, 0.2) is 35.1 Å². The second-order valence-electron chi connectivity index (χ2n) is 7.83. The van der Waals surface area contributed by atoms with E-state index in [2.05, 4.69) is 50.0 Å². The van der Waals surface area contributed by atoms with E-state index in [1.165, 1.54) is 11.6 Å². The Labute approximate surface area is 143 Å². The van der Waals surface area contributed by atoms with Gasteiger partial charge < -0.3 is 5.11 Å². The standard InChI is InChI=1S/C20H26N2O2/c1-20(2,3)16-10-8-14(9-11-16)13-22-18(24)12-17(23)21-19(22)15-6-4-5-7-15/h8-12,15,23H,4-7,13H2,1-3H3. The maximum absolute atomic E-state index is 12.4. The van der Waals surface area contributed by atoms with Crippen LogP contribution >= 0.6 is 0 Å². The molecule has 4 nitrogen and oxygen atoms in total. The van der Waals surface area contributed by atoms with Crippen LogP contribution in [0.4, 0.5) is 0 Å². The van der Waals surface area contributed by atoms with E-state index >= 15 is 0 Å². The summed E-state index contributed by atoms with van der Waals surface area (Å²) < 4.78 is 1.72. The van der Waals surface area contributed by atoms with Gasteiger partial charge in [0.1, 0.15) is 5.82 Å². The first kappa shape index (κ1) is 16.7. The molecule has 1 fully saturated rings. The Morgan fingerprint density at radius 3 is 2.38 bits per heavy atom. The van der Waals surface area contributed by atoms with Crippen LogP contribution in [0.3, 0.4) is 0 Å². The van der Waals surface area contributed by atoms with Crippen molar-refractivity contribution in [3.8, 4) is 5.88 Å². The zero-order valence-corrected chi connectivity index (χ0v) is 14.7. The van der Waals surface area contributed by atoms with E-state index in [4.69, 9.17) is 0 Å². The fraction of sp³-hybridized carbons (Fsp3) is 0.500. The first-order valence-corrected chi connectivity index (χ1v) is 8.75. The van der Waals surface area contributed by atoms with E-state index < -0.39 is 0 Å². The van der Waals surface area contributed by atoms with Crippen molar-refractivity contribution in [2.45, 2.75) is 64.3 Å². The first-order chi connectivity index (χ1) is 11.3. The molecule has 1 N–H and O–H groups in total. The molecule has 0 atom stereocenters. The van der Waals surface area contributed by atoms with Crippen LogP contribution in [0.25, 0.3) is 0 Å². The molecule has 0 spiro atoms. The molecule has 1 aromatic heterocycles. The number of benzene rings is 1. The third kappa shape index (κ3) is 3.53. The molecular formula is C20H26N2O2. The van der Waals surface area contributed by atoms with Crippen LogP contribution in [0.2, 0.25) is 0 Å². The van der Waals surface area contributed by atoms with Crippen molar-refractivity contribution in [2.24, 2.45) is 0 Å². The monoisotopic (exact) mass is 326 g/mol. The molecule has 0 radical (unpaired) electrons. The topological polar surface area (TPSA) is 55.1 Å². The van der Waals surface area contributed by atoms with Gasteiger partial charge in [-0.3, -0.25) is 9.36 Å². The molecule has 4 heteroatoms. The van der Waals surface area contributed by atoms with Gasteiger partial charge in [-0.1, -0.05) is 57.9 Å². The lowest BCUT2D eigenvalue weighted by Crippen LogP contribution is -2.26. The zero-order valence-electron chi connectivity index (χ0n) is 14.7. The summed E-state index contributed by atoms with van der Waals surface area (Å²) in [5.41, 5.74) is 2.30. The molecular weight excluding hydrogens is 300 g/mol. The van der Waals surface area contributed by atoms with E-state index in [1.807, 2.05) is 0 Å². The molecule has 128 valence electrons. The fourth-order valence-corrected chi connectivity index (χ4v) is 3.46. The molecule has 1 heterocycles. The summed E-state index contributed by atoms with van der Waals surface area (Å²) in [5.74, 6) is 0.845. The quantitative estimate of drug-likeness (QED) is 0.929. The van der Waals surface area contributed by atoms with Crippen LogP contribution in [0.5, 0.6) is 5.88 Å². The number of nitrogens with zero attached hydrogens (tertiary/aromatic N) is 2. The minimum absolute atomic E-state index is 0.116. The van der Waals surface area contributed by atoms with Crippen molar-refractivity contribution in [2.75, 3.05) is 0 Å². The van der Waals surface area contributed by atoms with E-state index in [9.17, 15) is 9.90 Å². The second kappa shape index (κ2) is 6.42. The van der Waals surface area contributed by atoms with Crippen molar-refractivity contribution >= 4 is 0 Å². The molecule has 0 amide bonds. The lowest BCUT2D eigenvalue weighted by atomic mass is 9.87. The molecule has 1 saturated carbocycles. The third-order valence-corrected chi connectivity index (χ3v) is 4.91. The lowest BCUT2D eigenvalue weighted by molar-refractivity contribution is 0.434. The Morgan fingerprint density at radius 2 is 1.79 bits per heavy atom. The highest BCUT2D eigenvalue weighted by Crippen LogP contribution is 2.33. The van der Waals surface area contributed by atoms with Gasteiger partial charge in [0.25, 0.3) is 5.56 Å². The summed E-state index contributed by atoms with van der Waals surface area (Å²) in [4.78, 5) is 16.7. The molecule has 0 bridgehead atoms. The Hall–Kier alpha value is -2.10. The number of aromatic nitrogens is 2. The minimum atomic E-state index is -0.177. The SMILES string of the molecule is CC(C)(C)c1ccc(Cn2c(C3CCCC3)nc(O)cc2=O)cc1. The molecule has 0 saturated heterocycles. The van der Waals surface area contributed by atoms with Crippen LogP contribution in [0.1, 0.15) is 69.3 Å². The van der Waals surface area contributed by atoms with Gasteiger partial charge in [0.05, 0.1) is 12.6 Å². The van der Waals surface area contributed by atoms with Crippen molar-refractivity contribution in [1.82, 2.24) is 9.55 Å². The smallest absolute Gasteiger partial charge is 0.257 e. The van der Waals surface area contributed by atoms with Gasteiger partial charge in [0.2, 0.25) is 5.88 Å². The highest BCUT2D eigenvalue weighted by Gasteiger charge is 2.23. The van der Waals surface area contributed by atoms with Crippen molar-refractivity contribution in [1.29, 1.82) is 0 Å². The number of rotatable bonds is 3. The Bertz CT molecular complexity index is 764. The van der Waals surface area contributed by atoms with Crippen LogP contribution in [0, 0.1) is 0 Å². The molecule has 24 heavy (non-hydrogen) atoms. The number of hydrogen-bond donors (Lipinski definition) is 1. The summed E-state index contributed by atoms with van der Waals surface area (Å²) in [7, 11) is 0. The Kier molecular flexibility index (Phi) is 4.48. The molecule has 1 aliphatic rings. The van der Waals surface area contributed by atoms with Crippen LogP contribution in [-0.4, -0.2) is 14.7 Å². The number of hydrogen-bond acceptors (Lipinski definition) is 3. The molecule has 3 rings (SSSR count). The van der Waals surface area contributed by atoms with Crippen LogP contribution < -0.4 is 5.56 Å². The molecule has 1 aromatic carbocycles. The van der Waals surface area contributed by atoms with Gasteiger partial charge in [-0.25, -0.2) is 0 Å². The number of aromatic hydroxyl groups is 1. The van der Waals surface area contributed by atoms with E-state index in [0.29, 0.717) is 6.54 Å². The predicted molar refractivity (Wildman–Crippen MR) is 95.6 cm³/mol. The summed E-state index contributed by atoms with van der Waals surface area (Å²) >= 11 is 0. The average Bonchev–Trinajstić information content (AvgIpc) is 3.03. The van der Waals surface area contributed by atoms with Gasteiger partial charge in [-0.05, 0) is 29.4 Å². The predicted octanol–water partition coefficient (Wildman–Crippen LogP) is 3.95. The summed E-state index contributed by atoms with van der Waals surface area (Å²) in [6.45, 7) is 7.07. The van der Waals surface area contributed by atoms with Gasteiger partial charge in [0.15, 0.2) is 0 Å². The molecule has 2 aromatic rings. The van der Waals surface area contributed by atoms with Crippen molar-refractivity contribution in [3.05, 3.63) is 57.6 Å². The maximum atomic E-state index is 12.4. The van der Waals surface area contributed by atoms with Gasteiger partial charge >= 0.3 is 0 Å². The van der Waals surface area contributed by atoms with Gasteiger partial charge in [-0.15, -0.1) is 0 Å². The average molecular weight is 326 g/mol. The van der Waals surface area contributed by atoms with Crippen molar-refractivity contribution < 1.29 is 5.11 Å². The summed E-state index contributed by atoms with van der Waals surface area (Å²) in [5, 5.41) is 9.75. The largest absolute Gasteiger partial charge is 0.493 e. The first-order valence-electron chi connectivity index (χ1n) is 8.75. The van der Waals surface area contributed by atoms with Gasteiger partial charge in [0, 0.05) is 5.92 Å². The Balaban J connectivity index is 1.93. The van der Waals surface area contributed by atoms with Crippen LogP contribution in [-0.2, 0) is 12.0 Å². The van der Waals surface area contributed by atoms with Crippen molar-refractivity contribution in [3.63, 3.8) is 0 Å². The maximum Gasteiger partial charge on any atom is 0.257 e. The summed E-state index contributed by atoms with van der Waals surface area (Å²) in [6.07, 6.45) is 4.41. The Morgan fingerprint density at radius 1 is 1.17 bits per heavy atom. The zero-order chi connectivity index (χ0) is 17.3. The van der Waals surface area contributed by atoms with E-state index in [0.717, 1.165) is 37.1 Å². The molecule has 1 aliphatic carbocycles. The highest BCUT2D eigenvalue weighted by atomic mass is 16.3. The fourth-order valence-electron chi connectivity index (χ4n) is 3.46. The molecule has 0 unspecified atom stereocenters. The second-order valence-corrected chi connectivity index (χ2v) is 7.83. The summed E-state index contributed by atoms with van der Waals surface area (Å²) in [6, 6.07) is 9.63. The third-order valence-electron chi connectivity index (χ3n) is 4.91. The normalized spacial score (nSPS) is 15.8. The minimum Gasteiger partial charge on any atom is -0.493 e. The van der Waals surface area contributed by atoms with E-state index in [-0.39, 0.29) is 22.8 Å². The lowest BCUT2D eigenvalue weighted by Gasteiger charge is -2.20. The molecule has 0 aliphatic heterocycles. The van der Waals surface area contributed by atoms with E-state index in [1.54, 1.807) is 4.57 Å². The van der Waals surface area contributed by atoms with Gasteiger partial charge in [-0.2, -0.15) is 4.98 Å². The highest BCUT2D eigenvalue weighted by molar-refractivity contribution is 5.28.